The molecule has 2 aromatic carbocycles. The molecule has 0 aliphatic rings. The number of nitrogen functional groups attached to an aromatic ring is 1. The van der Waals surface area contributed by atoms with Crippen LogP contribution in [-0.4, -0.2) is 10.9 Å². The Labute approximate surface area is 97.9 Å². The van der Waals surface area contributed by atoms with Gasteiger partial charge in [-0.2, -0.15) is 0 Å². The lowest BCUT2D eigenvalue weighted by Crippen LogP contribution is -2.08. The van der Waals surface area contributed by atoms with E-state index in [0.29, 0.717) is 5.56 Å². The quantitative estimate of drug-likeness (QED) is 0.460. The number of anilines is 1. The fourth-order valence-corrected chi connectivity index (χ4v) is 1.51. The summed E-state index contributed by atoms with van der Waals surface area (Å²) in [6.45, 7) is 0. The van der Waals surface area contributed by atoms with Crippen molar-refractivity contribution in [2.75, 3.05) is 5.73 Å². The van der Waals surface area contributed by atoms with Gasteiger partial charge in [-0.15, -0.1) is 0 Å². The fourth-order valence-electron chi connectivity index (χ4n) is 1.51. The third-order valence-corrected chi connectivity index (χ3v) is 2.45. The standard InChI is InChI=1S/C13H11NO3/c14-11-10(15)7-6-9(13(11)17)12(16)8-4-2-1-3-5-8/h1-7,15,17H,14H2/p-1. The van der Waals surface area contributed by atoms with Crippen molar-refractivity contribution in [1.29, 1.82) is 0 Å². The van der Waals surface area contributed by atoms with Crippen LogP contribution < -0.4 is 10.8 Å². The highest BCUT2D eigenvalue weighted by Crippen LogP contribution is 2.31. The first-order valence-electron chi connectivity index (χ1n) is 4.99. The first kappa shape index (κ1) is 11.0. The van der Waals surface area contributed by atoms with Crippen molar-refractivity contribution in [3.63, 3.8) is 0 Å². The largest absolute Gasteiger partial charge is 0.870 e. The molecule has 0 aliphatic carbocycles. The van der Waals surface area contributed by atoms with Gasteiger partial charge in [0.05, 0.1) is 5.69 Å². The minimum absolute atomic E-state index is 0.0356. The smallest absolute Gasteiger partial charge is 0.192 e. The van der Waals surface area contributed by atoms with Crippen LogP contribution in [-0.2, 0) is 0 Å². The van der Waals surface area contributed by atoms with E-state index in [2.05, 4.69) is 0 Å². The van der Waals surface area contributed by atoms with Crippen molar-refractivity contribution < 1.29 is 15.0 Å². The van der Waals surface area contributed by atoms with Crippen molar-refractivity contribution in [2.45, 2.75) is 0 Å². The molecule has 0 heterocycles. The van der Waals surface area contributed by atoms with Crippen molar-refractivity contribution in [3.8, 4) is 11.5 Å². The number of nitrogens with two attached hydrogens (primary N) is 1. The van der Waals surface area contributed by atoms with Crippen LogP contribution in [0.5, 0.6) is 11.5 Å². The maximum atomic E-state index is 12.0. The molecule has 2 rings (SSSR count). The van der Waals surface area contributed by atoms with E-state index in [1.165, 1.54) is 12.1 Å². The second-order valence-corrected chi connectivity index (χ2v) is 3.57. The lowest BCUT2D eigenvalue weighted by atomic mass is 10.0. The van der Waals surface area contributed by atoms with E-state index in [0.717, 1.165) is 0 Å². The van der Waals surface area contributed by atoms with Gasteiger partial charge in [0.2, 0.25) is 0 Å². The molecular formula is C13H10NO3-. The number of phenolic OH excluding ortho intramolecular Hbond substituents is 1. The summed E-state index contributed by atoms with van der Waals surface area (Å²) in [5.41, 5.74) is 5.46. The Kier molecular flexibility index (Phi) is 2.70. The SMILES string of the molecule is Nc1c(O)ccc(C(=O)c2ccccc2)c1[O-]. The van der Waals surface area contributed by atoms with E-state index < -0.39 is 11.5 Å². The summed E-state index contributed by atoms with van der Waals surface area (Å²) in [5, 5.41) is 20.9. The van der Waals surface area contributed by atoms with Gasteiger partial charge in [-0.3, -0.25) is 4.79 Å². The molecule has 3 N–H and O–H groups in total. The van der Waals surface area contributed by atoms with E-state index in [-0.39, 0.29) is 17.0 Å². The Hall–Kier alpha value is -2.49. The summed E-state index contributed by atoms with van der Waals surface area (Å²) < 4.78 is 0. The molecule has 0 amide bonds. The molecule has 0 atom stereocenters. The van der Waals surface area contributed by atoms with E-state index >= 15 is 0 Å². The Morgan fingerprint density at radius 3 is 2.41 bits per heavy atom. The average Bonchev–Trinajstić information content (AvgIpc) is 2.36. The number of phenols is 1. The lowest BCUT2D eigenvalue weighted by Gasteiger charge is -2.16. The van der Waals surface area contributed by atoms with Crippen LogP contribution >= 0.6 is 0 Å². The molecule has 0 radical (unpaired) electrons. The normalized spacial score (nSPS) is 10.1. The second-order valence-electron chi connectivity index (χ2n) is 3.57. The van der Waals surface area contributed by atoms with E-state index in [9.17, 15) is 15.0 Å². The highest BCUT2D eigenvalue weighted by molar-refractivity contribution is 6.11. The monoisotopic (exact) mass is 228 g/mol. The lowest BCUT2D eigenvalue weighted by molar-refractivity contribution is -0.267. The molecule has 2 aromatic rings. The molecule has 86 valence electrons. The van der Waals surface area contributed by atoms with Gasteiger partial charge in [0.25, 0.3) is 0 Å². The number of carbonyl (C=O) groups is 1. The van der Waals surface area contributed by atoms with Crippen LogP contribution in [0.15, 0.2) is 42.5 Å². The maximum absolute atomic E-state index is 12.0. The predicted octanol–water partition coefficient (Wildman–Crippen LogP) is 1.28. The van der Waals surface area contributed by atoms with Crippen LogP contribution in [0.1, 0.15) is 15.9 Å². The van der Waals surface area contributed by atoms with Crippen LogP contribution in [0, 0.1) is 0 Å². The van der Waals surface area contributed by atoms with Gasteiger partial charge in [-0.1, -0.05) is 36.1 Å². The topological polar surface area (TPSA) is 86.4 Å². The van der Waals surface area contributed by atoms with Gasteiger partial charge in [-0.25, -0.2) is 0 Å². The summed E-state index contributed by atoms with van der Waals surface area (Å²) in [6, 6.07) is 11.0. The van der Waals surface area contributed by atoms with Crippen LogP contribution in [0.2, 0.25) is 0 Å². The minimum Gasteiger partial charge on any atom is -0.870 e. The number of hydrogen-bond acceptors (Lipinski definition) is 4. The predicted molar refractivity (Wildman–Crippen MR) is 61.8 cm³/mol. The van der Waals surface area contributed by atoms with Crippen molar-refractivity contribution in [3.05, 3.63) is 53.6 Å². The highest BCUT2D eigenvalue weighted by atomic mass is 16.3. The van der Waals surface area contributed by atoms with Crippen molar-refractivity contribution in [1.82, 2.24) is 0 Å². The zero-order chi connectivity index (χ0) is 12.4. The van der Waals surface area contributed by atoms with E-state index in [1.54, 1.807) is 30.3 Å². The molecule has 0 bridgehead atoms. The van der Waals surface area contributed by atoms with Crippen LogP contribution in [0.4, 0.5) is 5.69 Å². The fraction of sp³-hybridized carbons (Fsp3) is 0. The summed E-state index contributed by atoms with van der Waals surface area (Å²) in [5.74, 6) is -1.35. The molecule has 4 heteroatoms. The Balaban J connectivity index is 2.49. The Morgan fingerprint density at radius 2 is 1.76 bits per heavy atom. The van der Waals surface area contributed by atoms with Crippen LogP contribution in [0.25, 0.3) is 0 Å². The summed E-state index contributed by atoms with van der Waals surface area (Å²) >= 11 is 0. The summed E-state index contributed by atoms with van der Waals surface area (Å²) in [7, 11) is 0. The minimum atomic E-state index is -0.640. The van der Waals surface area contributed by atoms with Gasteiger partial charge < -0.3 is 15.9 Å². The number of ketones is 1. The zero-order valence-corrected chi connectivity index (χ0v) is 8.88. The summed E-state index contributed by atoms with van der Waals surface area (Å²) in [6.07, 6.45) is 0. The molecule has 0 fully saturated rings. The van der Waals surface area contributed by atoms with Crippen LogP contribution in [0.3, 0.4) is 0 Å². The highest BCUT2D eigenvalue weighted by Gasteiger charge is 2.11. The molecule has 0 spiro atoms. The number of aromatic hydroxyl groups is 1. The van der Waals surface area contributed by atoms with Gasteiger partial charge >= 0.3 is 0 Å². The van der Waals surface area contributed by atoms with E-state index in [4.69, 9.17) is 5.73 Å². The maximum Gasteiger partial charge on any atom is 0.192 e. The van der Waals surface area contributed by atoms with Gasteiger partial charge in [-0.05, 0) is 12.1 Å². The third kappa shape index (κ3) is 1.92. The Bertz CT molecular complexity index is 564. The third-order valence-electron chi connectivity index (χ3n) is 2.45. The van der Waals surface area contributed by atoms with Crippen molar-refractivity contribution >= 4 is 11.5 Å². The van der Waals surface area contributed by atoms with Gasteiger partial charge in [0.15, 0.2) is 5.78 Å². The molecule has 4 nitrogen and oxygen atoms in total. The molecule has 0 saturated carbocycles. The molecule has 0 saturated heterocycles. The second kappa shape index (κ2) is 4.17. The zero-order valence-electron chi connectivity index (χ0n) is 8.88. The Morgan fingerprint density at radius 1 is 1.12 bits per heavy atom. The number of rotatable bonds is 2. The summed E-state index contributed by atoms with van der Waals surface area (Å²) in [4.78, 5) is 12.0. The van der Waals surface area contributed by atoms with E-state index in [1.807, 2.05) is 0 Å². The molecule has 0 aromatic heterocycles. The first-order chi connectivity index (χ1) is 8.11. The average molecular weight is 228 g/mol. The van der Waals surface area contributed by atoms with Crippen molar-refractivity contribution in [2.24, 2.45) is 0 Å². The first-order valence-corrected chi connectivity index (χ1v) is 4.99. The number of benzene rings is 2. The van der Waals surface area contributed by atoms with Gasteiger partial charge in [0.1, 0.15) is 5.75 Å². The molecule has 0 aliphatic heterocycles. The number of hydrogen-bond donors (Lipinski definition) is 2. The molecular weight excluding hydrogens is 218 g/mol. The van der Waals surface area contributed by atoms with Gasteiger partial charge in [0, 0.05) is 11.1 Å². The number of carbonyl (C=O) groups excluding carboxylic acids is 1. The molecule has 17 heavy (non-hydrogen) atoms. The molecule has 0 unspecified atom stereocenters.